The summed E-state index contributed by atoms with van der Waals surface area (Å²) in [6.45, 7) is 3.31. The van der Waals surface area contributed by atoms with Crippen LogP contribution in [0.5, 0.6) is 5.88 Å². The smallest absolute Gasteiger partial charge is 0.215 e. The molecule has 1 aromatic carbocycles. The minimum Gasteiger partial charge on any atom is -0.478 e. The normalized spacial score (nSPS) is 10.1. The molecule has 1 aromatic heterocycles. The lowest BCUT2D eigenvalue weighted by Crippen LogP contribution is -2.02. The van der Waals surface area contributed by atoms with Gasteiger partial charge in [-0.2, -0.15) is 4.98 Å². The van der Waals surface area contributed by atoms with Crippen LogP contribution in [0, 0.1) is 0 Å². The standard InChI is InChI=1S/C14H15BrN2O/c1-2-18-14-8-4-7-13(17-14)16-10-11-5-3-6-12(15)9-11/h3-9H,2,10H2,1H3,(H,16,17). The fourth-order valence-electron chi connectivity index (χ4n) is 1.58. The predicted octanol–water partition coefficient (Wildman–Crippen LogP) is 3.85. The van der Waals surface area contributed by atoms with Crippen molar-refractivity contribution in [2.45, 2.75) is 13.5 Å². The zero-order valence-corrected chi connectivity index (χ0v) is 11.8. The molecule has 0 atom stereocenters. The molecule has 0 radical (unpaired) electrons. The first-order valence-electron chi connectivity index (χ1n) is 5.86. The van der Waals surface area contributed by atoms with Gasteiger partial charge in [0.25, 0.3) is 0 Å². The fraction of sp³-hybridized carbons (Fsp3) is 0.214. The number of anilines is 1. The highest BCUT2D eigenvalue weighted by molar-refractivity contribution is 9.10. The number of hydrogen-bond acceptors (Lipinski definition) is 3. The van der Waals surface area contributed by atoms with Gasteiger partial charge in [-0.25, -0.2) is 0 Å². The molecule has 2 rings (SSSR count). The van der Waals surface area contributed by atoms with Gasteiger partial charge in [-0.05, 0) is 30.7 Å². The maximum Gasteiger partial charge on any atom is 0.215 e. The molecule has 0 aliphatic rings. The molecule has 0 spiro atoms. The SMILES string of the molecule is CCOc1cccc(NCc2cccc(Br)c2)n1. The Balaban J connectivity index is 1.99. The molecule has 0 aliphatic carbocycles. The lowest BCUT2D eigenvalue weighted by atomic mass is 10.2. The Bertz CT molecular complexity index is 517. The summed E-state index contributed by atoms with van der Waals surface area (Å²) in [6, 6.07) is 13.9. The molecule has 0 bridgehead atoms. The minimum absolute atomic E-state index is 0.627. The van der Waals surface area contributed by atoms with Crippen molar-refractivity contribution in [3.05, 3.63) is 52.5 Å². The zero-order valence-electron chi connectivity index (χ0n) is 10.2. The van der Waals surface area contributed by atoms with Gasteiger partial charge < -0.3 is 10.1 Å². The third-order valence-electron chi connectivity index (χ3n) is 2.38. The van der Waals surface area contributed by atoms with E-state index < -0.39 is 0 Å². The largest absolute Gasteiger partial charge is 0.478 e. The van der Waals surface area contributed by atoms with Crippen LogP contribution in [0.15, 0.2) is 46.9 Å². The summed E-state index contributed by atoms with van der Waals surface area (Å²) in [5.74, 6) is 1.47. The van der Waals surface area contributed by atoms with Gasteiger partial charge in [0, 0.05) is 17.1 Å². The Morgan fingerprint density at radius 3 is 2.83 bits per heavy atom. The molecule has 0 saturated carbocycles. The topological polar surface area (TPSA) is 34.1 Å². The van der Waals surface area contributed by atoms with Crippen molar-refractivity contribution in [1.82, 2.24) is 4.98 Å². The van der Waals surface area contributed by atoms with Crippen LogP contribution in [0.3, 0.4) is 0 Å². The average Bonchev–Trinajstić information content (AvgIpc) is 2.37. The fourth-order valence-corrected chi connectivity index (χ4v) is 2.03. The van der Waals surface area contributed by atoms with E-state index in [0.29, 0.717) is 12.5 Å². The van der Waals surface area contributed by atoms with Gasteiger partial charge in [-0.1, -0.05) is 34.1 Å². The second-order valence-electron chi connectivity index (χ2n) is 3.78. The molecule has 0 fully saturated rings. The van der Waals surface area contributed by atoms with Gasteiger partial charge in [0.1, 0.15) is 5.82 Å². The van der Waals surface area contributed by atoms with E-state index in [1.54, 1.807) is 0 Å². The molecule has 0 aliphatic heterocycles. The number of pyridine rings is 1. The number of rotatable bonds is 5. The van der Waals surface area contributed by atoms with Gasteiger partial charge in [-0.3, -0.25) is 0 Å². The lowest BCUT2D eigenvalue weighted by Gasteiger charge is -2.08. The summed E-state index contributed by atoms with van der Waals surface area (Å²) < 4.78 is 6.44. The Morgan fingerprint density at radius 2 is 2.06 bits per heavy atom. The highest BCUT2D eigenvalue weighted by Gasteiger charge is 1.98. The van der Waals surface area contributed by atoms with Crippen LogP contribution in [0.4, 0.5) is 5.82 Å². The van der Waals surface area contributed by atoms with Crippen LogP contribution in [0.2, 0.25) is 0 Å². The number of aromatic nitrogens is 1. The summed E-state index contributed by atoms with van der Waals surface area (Å²) in [4.78, 5) is 4.35. The Labute approximate surface area is 115 Å². The molecule has 3 nitrogen and oxygen atoms in total. The number of halogens is 1. The van der Waals surface area contributed by atoms with Gasteiger partial charge >= 0.3 is 0 Å². The number of nitrogens with zero attached hydrogens (tertiary/aromatic N) is 1. The maximum atomic E-state index is 5.36. The number of ether oxygens (including phenoxy) is 1. The minimum atomic E-state index is 0.627. The molecular weight excluding hydrogens is 292 g/mol. The van der Waals surface area contributed by atoms with Gasteiger partial charge in [-0.15, -0.1) is 0 Å². The third kappa shape index (κ3) is 3.74. The zero-order chi connectivity index (χ0) is 12.8. The van der Waals surface area contributed by atoms with E-state index in [1.807, 2.05) is 37.3 Å². The molecule has 1 heterocycles. The first-order valence-corrected chi connectivity index (χ1v) is 6.65. The molecule has 0 saturated heterocycles. The molecule has 0 amide bonds. The Morgan fingerprint density at radius 1 is 1.22 bits per heavy atom. The second kappa shape index (κ2) is 6.40. The maximum absolute atomic E-state index is 5.36. The van der Waals surface area contributed by atoms with E-state index in [2.05, 4.69) is 38.4 Å². The Hall–Kier alpha value is -1.55. The number of benzene rings is 1. The second-order valence-corrected chi connectivity index (χ2v) is 4.69. The molecule has 94 valence electrons. The average molecular weight is 307 g/mol. The van der Waals surface area contributed by atoms with E-state index in [9.17, 15) is 0 Å². The van der Waals surface area contributed by atoms with Gasteiger partial charge in [0.2, 0.25) is 5.88 Å². The van der Waals surface area contributed by atoms with Crippen LogP contribution in [-0.2, 0) is 6.54 Å². The Kier molecular flexibility index (Phi) is 4.59. The molecule has 18 heavy (non-hydrogen) atoms. The van der Waals surface area contributed by atoms with Crippen LogP contribution in [-0.4, -0.2) is 11.6 Å². The summed E-state index contributed by atoms with van der Waals surface area (Å²) in [6.07, 6.45) is 0. The monoisotopic (exact) mass is 306 g/mol. The molecular formula is C14H15BrN2O. The van der Waals surface area contributed by atoms with Crippen LogP contribution >= 0.6 is 15.9 Å². The van der Waals surface area contributed by atoms with Crippen molar-refractivity contribution >= 4 is 21.7 Å². The molecule has 1 N–H and O–H groups in total. The van der Waals surface area contributed by atoms with Crippen LogP contribution in [0.25, 0.3) is 0 Å². The van der Waals surface area contributed by atoms with Crippen molar-refractivity contribution in [3.8, 4) is 5.88 Å². The number of hydrogen-bond donors (Lipinski definition) is 1. The van der Waals surface area contributed by atoms with E-state index in [1.165, 1.54) is 5.56 Å². The van der Waals surface area contributed by atoms with Crippen molar-refractivity contribution < 1.29 is 4.74 Å². The van der Waals surface area contributed by atoms with Crippen molar-refractivity contribution in [1.29, 1.82) is 0 Å². The highest BCUT2D eigenvalue weighted by atomic mass is 79.9. The first-order chi connectivity index (χ1) is 8.78. The highest BCUT2D eigenvalue weighted by Crippen LogP contribution is 2.15. The van der Waals surface area contributed by atoms with Crippen molar-refractivity contribution in [3.63, 3.8) is 0 Å². The van der Waals surface area contributed by atoms with Crippen molar-refractivity contribution in [2.24, 2.45) is 0 Å². The lowest BCUT2D eigenvalue weighted by molar-refractivity contribution is 0.327. The predicted molar refractivity (Wildman–Crippen MR) is 76.9 cm³/mol. The first kappa shape index (κ1) is 12.9. The van der Waals surface area contributed by atoms with Crippen molar-refractivity contribution in [2.75, 3.05) is 11.9 Å². The molecule has 2 aromatic rings. The summed E-state index contributed by atoms with van der Waals surface area (Å²) >= 11 is 3.46. The van der Waals surface area contributed by atoms with Gasteiger partial charge in [0.05, 0.1) is 6.61 Å². The molecule has 4 heteroatoms. The third-order valence-corrected chi connectivity index (χ3v) is 2.87. The summed E-state index contributed by atoms with van der Waals surface area (Å²) in [5.41, 5.74) is 1.20. The quantitative estimate of drug-likeness (QED) is 0.911. The summed E-state index contributed by atoms with van der Waals surface area (Å²) in [7, 11) is 0. The van der Waals surface area contributed by atoms with Crippen LogP contribution < -0.4 is 10.1 Å². The number of nitrogens with one attached hydrogen (secondary N) is 1. The summed E-state index contributed by atoms with van der Waals surface area (Å²) in [5, 5.41) is 3.28. The van der Waals surface area contributed by atoms with E-state index in [4.69, 9.17) is 4.74 Å². The van der Waals surface area contributed by atoms with E-state index >= 15 is 0 Å². The van der Waals surface area contributed by atoms with Crippen LogP contribution in [0.1, 0.15) is 12.5 Å². The molecule has 0 unspecified atom stereocenters. The van der Waals surface area contributed by atoms with E-state index in [-0.39, 0.29) is 0 Å². The van der Waals surface area contributed by atoms with Gasteiger partial charge in [0.15, 0.2) is 0 Å². The van der Waals surface area contributed by atoms with E-state index in [0.717, 1.165) is 16.8 Å².